The van der Waals surface area contributed by atoms with E-state index in [1.165, 1.54) is 5.57 Å². The minimum atomic E-state index is 0.0531. The smallest absolute Gasteiger partial charge is 0.233 e. The second kappa shape index (κ2) is 6.09. The van der Waals surface area contributed by atoms with Gasteiger partial charge in [-0.3, -0.25) is 4.79 Å². The van der Waals surface area contributed by atoms with Crippen molar-refractivity contribution in [3.05, 3.63) is 11.6 Å². The number of amides is 1. The van der Waals surface area contributed by atoms with Crippen LogP contribution in [0.25, 0.3) is 0 Å². The molecule has 0 aromatic heterocycles. The predicted octanol–water partition coefficient (Wildman–Crippen LogP) is 0.774. The lowest BCUT2D eigenvalue weighted by molar-refractivity contribution is -0.120. The summed E-state index contributed by atoms with van der Waals surface area (Å²) in [6.07, 6.45) is 5.16. The van der Waals surface area contributed by atoms with Crippen molar-refractivity contribution >= 4 is 17.7 Å². The molecule has 0 spiro atoms. The summed E-state index contributed by atoms with van der Waals surface area (Å²) in [6.45, 7) is 4.60. The molecule has 1 aliphatic rings. The van der Waals surface area contributed by atoms with Crippen LogP contribution in [0.4, 0.5) is 0 Å². The van der Waals surface area contributed by atoms with Crippen molar-refractivity contribution in [2.75, 3.05) is 25.9 Å². The van der Waals surface area contributed by atoms with Gasteiger partial charge in [0.1, 0.15) is 0 Å². The molecule has 14 heavy (non-hydrogen) atoms. The predicted molar refractivity (Wildman–Crippen MR) is 61.6 cm³/mol. The lowest BCUT2D eigenvalue weighted by atomic mass is 10.1. The SMILES string of the molecule is CSC(C)C(=O)NCC1=CCNCC1. The summed E-state index contributed by atoms with van der Waals surface area (Å²) in [7, 11) is 0. The molecule has 80 valence electrons. The first kappa shape index (κ1) is 11.6. The first-order valence-corrected chi connectivity index (χ1v) is 6.22. The maximum Gasteiger partial charge on any atom is 0.233 e. The first-order chi connectivity index (χ1) is 6.74. The average molecular weight is 214 g/mol. The van der Waals surface area contributed by atoms with Crippen LogP contribution in [0.2, 0.25) is 0 Å². The summed E-state index contributed by atoms with van der Waals surface area (Å²) >= 11 is 1.58. The van der Waals surface area contributed by atoms with Crippen LogP contribution in [-0.4, -0.2) is 37.0 Å². The first-order valence-electron chi connectivity index (χ1n) is 4.93. The van der Waals surface area contributed by atoms with Crippen molar-refractivity contribution in [3.63, 3.8) is 0 Å². The highest BCUT2D eigenvalue weighted by molar-refractivity contribution is 7.99. The van der Waals surface area contributed by atoms with Crippen molar-refractivity contribution in [1.82, 2.24) is 10.6 Å². The highest BCUT2D eigenvalue weighted by atomic mass is 32.2. The molecule has 1 heterocycles. The van der Waals surface area contributed by atoms with Crippen LogP contribution >= 0.6 is 11.8 Å². The van der Waals surface area contributed by atoms with Crippen LogP contribution < -0.4 is 10.6 Å². The van der Waals surface area contributed by atoms with Crippen molar-refractivity contribution in [3.8, 4) is 0 Å². The monoisotopic (exact) mass is 214 g/mol. The van der Waals surface area contributed by atoms with Crippen LogP contribution in [0.15, 0.2) is 11.6 Å². The van der Waals surface area contributed by atoms with Gasteiger partial charge in [0, 0.05) is 13.1 Å². The largest absolute Gasteiger partial charge is 0.351 e. The fourth-order valence-corrected chi connectivity index (χ4v) is 1.58. The quantitative estimate of drug-likeness (QED) is 0.679. The van der Waals surface area contributed by atoms with Crippen molar-refractivity contribution < 1.29 is 4.79 Å². The topological polar surface area (TPSA) is 41.1 Å². The molecule has 0 radical (unpaired) electrons. The van der Waals surface area contributed by atoms with Crippen LogP contribution in [0.1, 0.15) is 13.3 Å². The van der Waals surface area contributed by atoms with Gasteiger partial charge in [-0.15, -0.1) is 0 Å². The molecule has 1 atom stereocenters. The summed E-state index contributed by atoms with van der Waals surface area (Å²) in [6, 6.07) is 0. The standard InChI is InChI=1S/C10H18N2OS/c1-8(14-2)10(13)12-7-9-3-5-11-6-4-9/h3,8,11H,4-7H2,1-2H3,(H,12,13). The maximum absolute atomic E-state index is 11.4. The Balaban J connectivity index is 2.25. The average Bonchev–Trinajstić information content (AvgIpc) is 2.26. The normalized spacial score (nSPS) is 18.6. The van der Waals surface area contributed by atoms with Gasteiger partial charge in [-0.25, -0.2) is 0 Å². The van der Waals surface area contributed by atoms with E-state index in [-0.39, 0.29) is 11.2 Å². The van der Waals surface area contributed by atoms with Gasteiger partial charge < -0.3 is 10.6 Å². The minimum absolute atomic E-state index is 0.0531. The third kappa shape index (κ3) is 3.72. The molecule has 4 heteroatoms. The van der Waals surface area contributed by atoms with Gasteiger partial charge in [0.05, 0.1) is 5.25 Å². The van der Waals surface area contributed by atoms with E-state index in [9.17, 15) is 4.79 Å². The zero-order valence-corrected chi connectivity index (χ0v) is 9.62. The fraction of sp³-hybridized carbons (Fsp3) is 0.700. The highest BCUT2D eigenvalue weighted by Crippen LogP contribution is 2.06. The van der Waals surface area contributed by atoms with E-state index in [1.807, 2.05) is 13.2 Å². The van der Waals surface area contributed by atoms with E-state index in [2.05, 4.69) is 16.7 Å². The number of nitrogens with one attached hydrogen (secondary N) is 2. The van der Waals surface area contributed by atoms with Crippen LogP contribution in [-0.2, 0) is 4.79 Å². The number of thioether (sulfide) groups is 1. The molecule has 0 fully saturated rings. The molecule has 0 aliphatic carbocycles. The van der Waals surface area contributed by atoms with Crippen molar-refractivity contribution in [1.29, 1.82) is 0 Å². The Kier molecular flexibility index (Phi) is 5.04. The molecule has 0 bridgehead atoms. The Morgan fingerprint density at radius 3 is 3.14 bits per heavy atom. The Bertz CT molecular complexity index is 228. The fourth-order valence-electron chi connectivity index (χ4n) is 1.28. The Hall–Kier alpha value is -0.480. The van der Waals surface area contributed by atoms with Crippen LogP contribution in [0.5, 0.6) is 0 Å². The number of rotatable bonds is 4. The summed E-state index contributed by atoms with van der Waals surface area (Å²) in [4.78, 5) is 11.4. The third-order valence-corrected chi connectivity index (χ3v) is 3.29. The maximum atomic E-state index is 11.4. The summed E-state index contributed by atoms with van der Waals surface area (Å²) in [5, 5.41) is 6.24. The minimum Gasteiger partial charge on any atom is -0.351 e. The second-order valence-corrected chi connectivity index (χ2v) is 4.59. The van der Waals surface area contributed by atoms with E-state index in [1.54, 1.807) is 11.8 Å². The molecule has 1 rings (SSSR count). The molecule has 2 N–H and O–H groups in total. The van der Waals surface area contributed by atoms with E-state index in [0.29, 0.717) is 6.54 Å². The second-order valence-electron chi connectivity index (χ2n) is 3.41. The number of carbonyl (C=O) groups excluding carboxylic acids is 1. The molecule has 1 aliphatic heterocycles. The lowest BCUT2D eigenvalue weighted by Gasteiger charge is -2.15. The van der Waals surface area contributed by atoms with E-state index >= 15 is 0 Å². The molecule has 0 saturated carbocycles. The molecule has 3 nitrogen and oxygen atoms in total. The summed E-state index contributed by atoms with van der Waals surface area (Å²) in [5.41, 5.74) is 1.34. The molecular weight excluding hydrogens is 196 g/mol. The summed E-state index contributed by atoms with van der Waals surface area (Å²) in [5.74, 6) is 0.136. The van der Waals surface area contributed by atoms with Gasteiger partial charge in [0.25, 0.3) is 0 Å². The van der Waals surface area contributed by atoms with Crippen LogP contribution in [0, 0.1) is 0 Å². The molecule has 0 saturated heterocycles. The van der Waals surface area contributed by atoms with Gasteiger partial charge >= 0.3 is 0 Å². The van der Waals surface area contributed by atoms with Crippen molar-refractivity contribution in [2.24, 2.45) is 0 Å². The van der Waals surface area contributed by atoms with E-state index < -0.39 is 0 Å². The van der Waals surface area contributed by atoms with E-state index in [4.69, 9.17) is 0 Å². The third-order valence-electron chi connectivity index (χ3n) is 2.37. The molecular formula is C10H18N2OS. The molecule has 1 amide bonds. The lowest BCUT2D eigenvalue weighted by Crippen LogP contribution is -2.34. The van der Waals surface area contributed by atoms with Crippen LogP contribution in [0.3, 0.4) is 0 Å². The van der Waals surface area contributed by atoms with Gasteiger partial charge in [0.15, 0.2) is 0 Å². The van der Waals surface area contributed by atoms with Gasteiger partial charge in [-0.05, 0) is 26.1 Å². The molecule has 1 unspecified atom stereocenters. The highest BCUT2D eigenvalue weighted by Gasteiger charge is 2.11. The number of hydrogen-bond donors (Lipinski definition) is 2. The molecule has 0 aromatic rings. The van der Waals surface area contributed by atoms with Gasteiger partial charge in [-0.1, -0.05) is 11.6 Å². The van der Waals surface area contributed by atoms with Crippen molar-refractivity contribution in [2.45, 2.75) is 18.6 Å². The zero-order chi connectivity index (χ0) is 10.4. The van der Waals surface area contributed by atoms with Gasteiger partial charge in [0.2, 0.25) is 5.91 Å². The number of carbonyl (C=O) groups is 1. The summed E-state index contributed by atoms with van der Waals surface area (Å²) < 4.78 is 0. The Morgan fingerprint density at radius 2 is 2.57 bits per heavy atom. The van der Waals surface area contributed by atoms with E-state index in [0.717, 1.165) is 19.5 Å². The number of hydrogen-bond acceptors (Lipinski definition) is 3. The Morgan fingerprint density at radius 1 is 1.79 bits per heavy atom. The Labute approximate surface area is 89.7 Å². The molecule has 0 aromatic carbocycles. The zero-order valence-electron chi connectivity index (χ0n) is 8.80. The van der Waals surface area contributed by atoms with Gasteiger partial charge in [-0.2, -0.15) is 11.8 Å².